The molecule has 4 rings (SSSR count). The topological polar surface area (TPSA) is 146 Å². The number of nitrogens with zero attached hydrogens (tertiary/aromatic N) is 3. The lowest BCUT2D eigenvalue weighted by atomic mass is 9.92. The Morgan fingerprint density at radius 3 is 2.60 bits per heavy atom. The standard InChI is InChI=1S/C25H28F3N5O5S2/c1-3-5-15-10-16(18(25(26,27)28)12-17(15)14(2)29)11-20(23(35)36)33-9-6-19(22(33)34)31-40(37,38)21-13-30-24(39-21)32-7-4-8-32/h3,5,10,12-13,19-20,31H,2,4,6-9,11,29H2,1H3,(H,35,36)/b5-3-/t19-,20?/m0/s1. The van der Waals surface area contributed by atoms with E-state index >= 15 is 0 Å². The van der Waals surface area contributed by atoms with Crippen LogP contribution in [-0.2, 0) is 32.2 Å². The molecule has 2 fully saturated rings. The molecule has 2 saturated heterocycles. The van der Waals surface area contributed by atoms with Crippen LogP contribution in [0.4, 0.5) is 18.3 Å². The fourth-order valence-electron chi connectivity index (χ4n) is 4.63. The molecule has 2 aromatic rings. The summed E-state index contributed by atoms with van der Waals surface area (Å²) < 4.78 is 70.1. The van der Waals surface area contributed by atoms with Crippen molar-refractivity contribution in [3.05, 3.63) is 53.2 Å². The minimum Gasteiger partial charge on any atom is -0.480 e. The molecule has 15 heteroatoms. The second-order valence-electron chi connectivity index (χ2n) is 9.47. The highest BCUT2D eigenvalue weighted by molar-refractivity contribution is 7.91. The Morgan fingerprint density at radius 1 is 1.35 bits per heavy atom. The predicted octanol–water partition coefficient (Wildman–Crippen LogP) is 2.91. The normalized spacial score (nSPS) is 18.8. The van der Waals surface area contributed by atoms with E-state index in [2.05, 4.69) is 16.3 Å². The predicted molar refractivity (Wildman–Crippen MR) is 144 cm³/mol. The summed E-state index contributed by atoms with van der Waals surface area (Å²) in [6.45, 7) is 6.56. The van der Waals surface area contributed by atoms with Gasteiger partial charge in [0.2, 0.25) is 5.91 Å². The number of thiazole rings is 1. The van der Waals surface area contributed by atoms with Gasteiger partial charge in [-0.25, -0.2) is 18.2 Å². The molecule has 0 spiro atoms. The summed E-state index contributed by atoms with van der Waals surface area (Å²) in [6.07, 6.45) is -0.279. The number of anilines is 1. The molecule has 0 radical (unpaired) electrons. The van der Waals surface area contributed by atoms with Gasteiger partial charge in [-0.05, 0) is 37.0 Å². The van der Waals surface area contributed by atoms with Gasteiger partial charge in [0, 0.05) is 37.3 Å². The number of aromatic nitrogens is 1. The van der Waals surface area contributed by atoms with Gasteiger partial charge in [-0.15, -0.1) is 0 Å². The molecule has 1 amide bonds. The maximum absolute atomic E-state index is 14.0. The van der Waals surface area contributed by atoms with E-state index < -0.39 is 52.1 Å². The second-order valence-corrected chi connectivity index (χ2v) is 12.4. The van der Waals surface area contributed by atoms with Crippen LogP contribution in [-0.4, -0.2) is 67.0 Å². The number of aliphatic carboxylic acids is 1. The molecule has 2 atom stereocenters. The van der Waals surface area contributed by atoms with Crippen LogP contribution in [0.3, 0.4) is 0 Å². The Kier molecular flexibility index (Phi) is 8.28. The van der Waals surface area contributed by atoms with Gasteiger partial charge < -0.3 is 20.6 Å². The van der Waals surface area contributed by atoms with Crippen molar-refractivity contribution in [3.63, 3.8) is 0 Å². The average Bonchev–Trinajstić information content (AvgIpc) is 3.43. The highest BCUT2D eigenvalue weighted by Gasteiger charge is 2.43. The number of benzene rings is 1. The van der Waals surface area contributed by atoms with Crippen LogP contribution >= 0.6 is 11.3 Å². The maximum atomic E-state index is 14.0. The van der Waals surface area contributed by atoms with E-state index in [0.29, 0.717) is 10.7 Å². The van der Waals surface area contributed by atoms with Gasteiger partial charge in [-0.2, -0.15) is 17.9 Å². The van der Waals surface area contributed by atoms with E-state index in [-0.39, 0.29) is 34.0 Å². The average molecular weight is 600 g/mol. The summed E-state index contributed by atoms with van der Waals surface area (Å²) in [5, 5.41) is 10.5. The Bertz CT molecular complexity index is 1470. The molecule has 0 saturated carbocycles. The second kappa shape index (κ2) is 11.2. The molecule has 10 nitrogen and oxygen atoms in total. The Hall–Kier alpha value is -3.43. The number of sulfonamides is 1. The summed E-state index contributed by atoms with van der Waals surface area (Å²) >= 11 is 0.953. The number of likely N-dealkylation sites (tertiary alicyclic amines) is 1. The van der Waals surface area contributed by atoms with E-state index in [0.717, 1.165) is 41.8 Å². The van der Waals surface area contributed by atoms with Gasteiger partial charge >= 0.3 is 12.1 Å². The van der Waals surface area contributed by atoms with Gasteiger partial charge in [-0.1, -0.05) is 36.1 Å². The summed E-state index contributed by atoms with van der Waals surface area (Å²) in [7, 11) is -4.14. The molecule has 1 aromatic heterocycles. The highest BCUT2D eigenvalue weighted by atomic mass is 32.2. The first-order chi connectivity index (χ1) is 18.7. The van der Waals surface area contributed by atoms with Gasteiger partial charge in [-0.3, -0.25) is 4.79 Å². The molecule has 0 bridgehead atoms. The first kappa shape index (κ1) is 29.6. The molecule has 4 N–H and O–H groups in total. The molecule has 0 aliphatic carbocycles. The van der Waals surface area contributed by atoms with E-state index in [9.17, 15) is 36.3 Å². The maximum Gasteiger partial charge on any atom is 0.416 e. The van der Waals surface area contributed by atoms with Crippen LogP contribution in [0.5, 0.6) is 0 Å². The van der Waals surface area contributed by atoms with Crippen molar-refractivity contribution >= 4 is 50.1 Å². The lowest BCUT2D eigenvalue weighted by Gasteiger charge is -2.30. The zero-order valence-corrected chi connectivity index (χ0v) is 23.1. The monoisotopic (exact) mass is 599 g/mol. The summed E-state index contributed by atoms with van der Waals surface area (Å²) in [5.41, 5.74) is 4.52. The quantitative estimate of drug-likeness (QED) is 0.378. The number of carboxylic acid groups (broad SMARTS) is 1. The number of alkyl halides is 3. The van der Waals surface area contributed by atoms with Crippen LogP contribution < -0.4 is 15.4 Å². The number of carboxylic acids is 1. The molecule has 216 valence electrons. The van der Waals surface area contributed by atoms with Gasteiger partial charge in [0.15, 0.2) is 9.34 Å². The molecular formula is C25H28F3N5O5S2. The number of amides is 1. The van der Waals surface area contributed by atoms with Gasteiger partial charge in [0.1, 0.15) is 12.1 Å². The van der Waals surface area contributed by atoms with Crippen LogP contribution in [0.2, 0.25) is 0 Å². The number of nitrogens with one attached hydrogen (secondary N) is 1. The van der Waals surface area contributed by atoms with E-state index in [1.54, 1.807) is 13.0 Å². The van der Waals surface area contributed by atoms with Crippen molar-refractivity contribution in [2.24, 2.45) is 5.73 Å². The van der Waals surface area contributed by atoms with E-state index in [4.69, 9.17) is 5.73 Å². The number of nitrogens with two attached hydrogens (primary N) is 1. The van der Waals surface area contributed by atoms with Crippen molar-refractivity contribution < 1.29 is 36.3 Å². The summed E-state index contributed by atoms with van der Waals surface area (Å²) in [4.78, 5) is 32.3. The van der Waals surface area contributed by atoms with Crippen molar-refractivity contribution in [2.45, 2.75) is 48.7 Å². The first-order valence-corrected chi connectivity index (χ1v) is 14.6. The molecule has 2 aliphatic rings. The van der Waals surface area contributed by atoms with Crippen molar-refractivity contribution in [1.82, 2.24) is 14.6 Å². The first-order valence-electron chi connectivity index (χ1n) is 12.3. The van der Waals surface area contributed by atoms with Crippen LogP contribution in [0, 0.1) is 0 Å². The van der Waals surface area contributed by atoms with E-state index in [1.165, 1.54) is 18.3 Å². The molecule has 1 aromatic carbocycles. The number of hydrogen-bond acceptors (Lipinski definition) is 8. The third kappa shape index (κ3) is 6.00. The van der Waals surface area contributed by atoms with Gasteiger partial charge in [0.25, 0.3) is 10.0 Å². The van der Waals surface area contributed by atoms with Crippen LogP contribution in [0.25, 0.3) is 11.8 Å². The number of halogens is 3. The lowest BCUT2D eigenvalue weighted by Crippen LogP contribution is -2.48. The fourth-order valence-corrected chi connectivity index (χ4v) is 7.04. The lowest BCUT2D eigenvalue weighted by molar-refractivity contribution is -0.149. The highest BCUT2D eigenvalue weighted by Crippen LogP contribution is 2.37. The van der Waals surface area contributed by atoms with Crippen molar-refractivity contribution in [1.29, 1.82) is 0 Å². The van der Waals surface area contributed by atoms with Crippen LogP contribution in [0.1, 0.15) is 42.0 Å². The minimum absolute atomic E-state index is 0.0492. The Balaban J connectivity index is 1.58. The third-order valence-electron chi connectivity index (χ3n) is 6.75. The van der Waals surface area contributed by atoms with Crippen molar-refractivity contribution in [2.75, 3.05) is 24.5 Å². The Morgan fingerprint density at radius 2 is 2.05 bits per heavy atom. The van der Waals surface area contributed by atoms with Crippen LogP contribution in [0.15, 0.2) is 35.2 Å². The largest absolute Gasteiger partial charge is 0.480 e. The number of carbonyl (C=O) groups is 2. The molecule has 2 aliphatic heterocycles. The number of allylic oxidation sites excluding steroid dienone is 1. The van der Waals surface area contributed by atoms with E-state index in [1.807, 2.05) is 4.90 Å². The van der Waals surface area contributed by atoms with Gasteiger partial charge in [0.05, 0.1) is 11.8 Å². The zero-order chi connectivity index (χ0) is 29.4. The summed E-state index contributed by atoms with van der Waals surface area (Å²) in [6, 6.07) is -0.940. The number of hydrogen-bond donors (Lipinski definition) is 3. The fraction of sp³-hybridized carbons (Fsp3) is 0.400. The molecule has 1 unspecified atom stereocenters. The smallest absolute Gasteiger partial charge is 0.416 e. The molecule has 40 heavy (non-hydrogen) atoms. The molecular weight excluding hydrogens is 571 g/mol. The minimum atomic E-state index is -4.84. The Labute approximate surface area is 233 Å². The zero-order valence-electron chi connectivity index (χ0n) is 21.4. The number of rotatable bonds is 10. The number of carbonyl (C=O) groups excluding carboxylic acids is 1. The molecule has 3 heterocycles. The third-order valence-corrected chi connectivity index (χ3v) is 9.74. The SMILES string of the molecule is C=C(N)c1cc(C(F)(F)F)c(CC(C(=O)O)N2CC[C@H](NS(=O)(=O)c3cnc(N4CCC4)s3)C2=O)cc1/C=C\C. The van der Waals surface area contributed by atoms with Crippen molar-refractivity contribution in [3.8, 4) is 0 Å². The summed E-state index contributed by atoms with van der Waals surface area (Å²) in [5.74, 6) is -2.36.